The lowest BCUT2D eigenvalue weighted by atomic mass is 10.0. The molecule has 120 valence electrons. The number of nitrogens with zero attached hydrogens (tertiary/aromatic N) is 2. The normalized spacial score (nSPS) is 14.1. The third-order valence-corrected chi connectivity index (χ3v) is 3.62. The molecule has 1 rings (SSSR count). The molecular weight excluding hydrogens is 264 g/mol. The van der Waals surface area contributed by atoms with Gasteiger partial charge in [0.1, 0.15) is 17.5 Å². The number of aliphatic hydroxyl groups is 1. The van der Waals surface area contributed by atoms with Crippen LogP contribution in [0, 0.1) is 6.92 Å². The molecule has 1 heterocycles. The van der Waals surface area contributed by atoms with Crippen molar-refractivity contribution in [1.29, 1.82) is 0 Å². The average Bonchev–Trinajstić information content (AvgIpc) is 2.44. The summed E-state index contributed by atoms with van der Waals surface area (Å²) in [4.78, 5) is 9.21. The van der Waals surface area contributed by atoms with Crippen LogP contribution in [0.4, 0.5) is 11.6 Å². The van der Waals surface area contributed by atoms with Crippen molar-refractivity contribution in [2.75, 3.05) is 23.7 Å². The molecule has 0 bridgehead atoms. The Morgan fingerprint density at radius 2 is 1.71 bits per heavy atom. The minimum Gasteiger partial charge on any atom is -0.388 e. The predicted octanol–water partition coefficient (Wildman–Crippen LogP) is 3.30. The molecule has 5 heteroatoms. The van der Waals surface area contributed by atoms with Gasteiger partial charge in [-0.2, -0.15) is 0 Å². The van der Waals surface area contributed by atoms with E-state index in [0.717, 1.165) is 36.0 Å². The first-order chi connectivity index (χ1) is 9.80. The van der Waals surface area contributed by atoms with E-state index in [-0.39, 0.29) is 5.92 Å². The molecular formula is C16H30N4O. The smallest absolute Gasteiger partial charge is 0.135 e. The minimum absolute atomic E-state index is 0.264. The fraction of sp³-hybridized carbons (Fsp3) is 0.750. The largest absolute Gasteiger partial charge is 0.388 e. The van der Waals surface area contributed by atoms with Crippen molar-refractivity contribution >= 4 is 11.6 Å². The molecule has 0 aliphatic carbocycles. The van der Waals surface area contributed by atoms with Crippen molar-refractivity contribution in [2.24, 2.45) is 0 Å². The minimum atomic E-state index is -0.730. The Labute approximate surface area is 128 Å². The Morgan fingerprint density at radius 3 is 2.19 bits per heavy atom. The maximum atomic E-state index is 10.1. The Kier molecular flexibility index (Phi) is 6.40. The zero-order valence-electron chi connectivity index (χ0n) is 14.2. The molecule has 0 aliphatic heterocycles. The Bertz CT molecular complexity index is 458. The molecule has 0 aliphatic rings. The molecule has 0 amide bonds. The lowest BCUT2D eigenvalue weighted by Gasteiger charge is -2.23. The van der Waals surface area contributed by atoms with E-state index < -0.39 is 5.60 Å². The summed E-state index contributed by atoms with van der Waals surface area (Å²) in [7, 11) is 0. The number of hydrogen-bond donors (Lipinski definition) is 3. The molecule has 1 aromatic rings. The van der Waals surface area contributed by atoms with E-state index in [9.17, 15) is 5.11 Å². The molecule has 0 spiro atoms. The molecule has 1 aromatic heterocycles. The van der Waals surface area contributed by atoms with Crippen LogP contribution in [0.2, 0.25) is 0 Å². The summed E-state index contributed by atoms with van der Waals surface area (Å²) in [6, 6.07) is 0. The van der Waals surface area contributed by atoms with E-state index in [1.807, 2.05) is 20.8 Å². The van der Waals surface area contributed by atoms with Crippen molar-refractivity contribution in [2.45, 2.75) is 65.9 Å². The maximum absolute atomic E-state index is 10.1. The van der Waals surface area contributed by atoms with Gasteiger partial charge in [-0.05, 0) is 26.7 Å². The highest BCUT2D eigenvalue weighted by Crippen LogP contribution is 2.24. The van der Waals surface area contributed by atoms with Crippen molar-refractivity contribution in [3.63, 3.8) is 0 Å². The number of hydrogen-bond acceptors (Lipinski definition) is 5. The third kappa shape index (κ3) is 5.16. The number of rotatable bonds is 8. The average molecular weight is 294 g/mol. The van der Waals surface area contributed by atoms with Crippen LogP contribution in [0.15, 0.2) is 0 Å². The second-order valence-electron chi connectivity index (χ2n) is 6.19. The zero-order valence-corrected chi connectivity index (χ0v) is 14.2. The van der Waals surface area contributed by atoms with Gasteiger partial charge in [-0.25, -0.2) is 9.97 Å². The predicted molar refractivity (Wildman–Crippen MR) is 89.0 cm³/mol. The van der Waals surface area contributed by atoms with Crippen LogP contribution >= 0.6 is 0 Å². The van der Waals surface area contributed by atoms with Crippen LogP contribution in [0.25, 0.3) is 0 Å². The molecule has 5 nitrogen and oxygen atoms in total. The van der Waals surface area contributed by atoms with Gasteiger partial charge in [0, 0.05) is 24.6 Å². The van der Waals surface area contributed by atoms with Gasteiger partial charge in [-0.3, -0.25) is 0 Å². The van der Waals surface area contributed by atoms with Gasteiger partial charge in [0.2, 0.25) is 0 Å². The molecule has 0 saturated carbocycles. The van der Waals surface area contributed by atoms with Gasteiger partial charge in [0.25, 0.3) is 0 Å². The van der Waals surface area contributed by atoms with Gasteiger partial charge < -0.3 is 15.7 Å². The quantitative estimate of drug-likeness (QED) is 0.686. The van der Waals surface area contributed by atoms with Crippen LogP contribution in [-0.2, 0) is 0 Å². The molecule has 0 fully saturated rings. The monoisotopic (exact) mass is 294 g/mol. The van der Waals surface area contributed by atoms with Gasteiger partial charge >= 0.3 is 0 Å². The van der Waals surface area contributed by atoms with Gasteiger partial charge in [0.15, 0.2) is 0 Å². The molecule has 3 N–H and O–H groups in total. The Morgan fingerprint density at radius 1 is 1.14 bits per heavy atom. The van der Waals surface area contributed by atoms with E-state index >= 15 is 0 Å². The van der Waals surface area contributed by atoms with Crippen molar-refractivity contribution in [1.82, 2.24) is 9.97 Å². The highest BCUT2D eigenvalue weighted by Gasteiger charge is 2.19. The van der Waals surface area contributed by atoms with E-state index in [2.05, 4.69) is 41.4 Å². The van der Waals surface area contributed by atoms with Crippen LogP contribution < -0.4 is 10.6 Å². The first kappa shape index (κ1) is 17.7. The highest BCUT2D eigenvalue weighted by atomic mass is 16.3. The van der Waals surface area contributed by atoms with E-state index in [0.29, 0.717) is 13.0 Å². The van der Waals surface area contributed by atoms with Crippen molar-refractivity contribution in [3.8, 4) is 0 Å². The number of anilines is 2. The summed E-state index contributed by atoms with van der Waals surface area (Å²) >= 11 is 0. The molecule has 1 atom stereocenters. The standard InChI is InChI=1S/C16H30N4O/c1-7-9-17-14-12(5)15(18-10-16(6,21)8-2)20-13(19-14)11(3)4/h11,21H,7-10H2,1-6H3,(H2,17,18,19,20). The van der Waals surface area contributed by atoms with Crippen LogP contribution in [-0.4, -0.2) is 33.8 Å². The fourth-order valence-electron chi connectivity index (χ4n) is 1.78. The van der Waals surface area contributed by atoms with E-state index in [4.69, 9.17) is 0 Å². The van der Waals surface area contributed by atoms with E-state index in [1.54, 1.807) is 0 Å². The molecule has 1 unspecified atom stereocenters. The summed E-state index contributed by atoms with van der Waals surface area (Å²) in [6.07, 6.45) is 1.75. The molecule has 0 aromatic carbocycles. The van der Waals surface area contributed by atoms with Gasteiger partial charge in [0.05, 0.1) is 5.60 Å². The van der Waals surface area contributed by atoms with Gasteiger partial charge in [-0.1, -0.05) is 27.7 Å². The van der Waals surface area contributed by atoms with Gasteiger partial charge in [-0.15, -0.1) is 0 Å². The summed E-state index contributed by atoms with van der Waals surface area (Å²) in [5.41, 5.74) is 0.270. The molecule has 0 saturated heterocycles. The summed E-state index contributed by atoms with van der Waals surface area (Å²) in [6.45, 7) is 13.5. The lowest BCUT2D eigenvalue weighted by Crippen LogP contribution is -2.33. The van der Waals surface area contributed by atoms with Crippen LogP contribution in [0.5, 0.6) is 0 Å². The van der Waals surface area contributed by atoms with Crippen LogP contribution in [0.1, 0.15) is 64.8 Å². The highest BCUT2D eigenvalue weighted by molar-refractivity contribution is 5.57. The topological polar surface area (TPSA) is 70.1 Å². The number of nitrogens with one attached hydrogen (secondary N) is 2. The van der Waals surface area contributed by atoms with Crippen LogP contribution in [0.3, 0.4) is 0 Å². The lowest BCUT2D eigenvalue weighted by molar-refractivity contribution is 0.0696. The maximum Gasteiger partial charge on any atom is 0.135 e. The van der Waals surface area contributed by atoms with E-state index in [1.165, 1.54) is 0 Å². The second-order valence-corrected chi connectivity index (χ2v) is 6.19. The SMILES string of the molecule is CCCNc1nc(C(C)C)nc(NCC(C)(O)CC)c1C. The summed E-state index contributed by atoms with van der Waals surface area (Å²) in [5.74, 6) is 2.77. The fourth-order valence-corrected chi connectivity index (χ4v) is 1.78. The first-order valence-corrected chi connectivity index (χ1v) is 7.89. The zero-order chi connectivity index (χ0) is 16.0. The second kappa shape index (κ2) is 7.59. The Hall–Kier alpha value is -1.36. The molecule has 0 radical (unpaired) electrons. The Balaban J connectivity index is 3.02. The first-order valence-electron chi connectivity index (χ1n) is 7.89. The van der Waals surface area contributed by atoms with Crippen molar-refractivity contribution < 1.29 is 5.11 Å². The van der Waals surface area contributed by atoms with Crippen molar-refractivity contribution in [3.05, 3.63) is 11.4 Å². The third-order valence-electron chi connectivity index (χ3n) is 3.62. The number of aromatic nitrogens is 2. The summed E-state index contributed by atoms with van der Waals surface area (Å²) < 4.78 is 0. The molecule has 21 heavy (non-hydrogen) atoms. The summed E-state index contributed by atoms with van der Waals surface area (Å²) in [5, 5.41) is 16.8.